The molecule has 3 rings (SSSR count). The third-order valence-electron chi connectivity index (χ3n) is 3.22. The molecule has 0 amide bonds. The summed E-state index contributed by atoms with van der Waals surface area (Å²) in [6.07, 6.45) is 2.25. The van der Waals surface area contributed by atoms with E-state index in [9.17, 15) is 4.79 Å². The average Bonchev–Trinajstić information content (AvgIpc) is 3.01. The zero-order valence-corrected chi connectivity index (χ0v) is 11.4. The smallest absolute Gasteiger partial charge is 0.237 e. The highest BCUT2D eigenvalue weighted by atomic mass is 35.5. The van der Waals surface area contributed by atoms with Crippen molar-refractivity contribution in [3.63, 3.8) is 0 Å². The van der Waals surface area contributed by atoms with Crippen LogP contribution < -0.4 is 0 Å². The first-order chi connectivity index (χ1) is 9.15. The molecule has 98 valence electrons. The van der Waals surface area contributed by atoms with Crippen LogP contribution in [0.5, 0.6) is 0 Å². The topological polar surface area (TPSA) is 56.0 Å². The number of nitrogens with zero attached hydrogens (tertiary/aromatic N) is 2. The maximum absolute atomic E-state index is 11.7. The summed E-state index contributed by atoms with van der Waals surface area (Å²) in [5.41, 5.74) is 0.717. The van der Waals surface area contributed by atoms with Gasteiger partial charge < -0.3 is 4.52 Å². The number of ketones is 1. The molecule has 19 heavy (non-hydrogen) atoms. The first kappa shape index (κ1) is 12.6. The van der Waals surface area contributed by atoms with Gasteiger partial charge in [-0.15, -0.1) is 0 Å². The Kier molecular flexibility index (Phi) is 3.29. The Morgan fingerprint density at radius 2 is 2.11 bits per heavy atom. The molecular formula is C13H10Cl2N2O2. The second-order valence-electron chi connectivity index (χ2n) is 4.50. The van der Waals surface area contributed by atoms with Gasteiger partial charge in [0.25, 0.3) is 0 Å². The molecule has 0 spiro atoms. The molecule has 0 bridgehead atoms. The quantitative estimate of drug-likeness (QED) is 0.844. The minimum atomic E-state index is -0.246. The molecule has 1 fully saturated rings. The van der Waals surface area contributed by atoms with Crippen molar-refractivity contribution in [3.8, 4) is 11.4 Å². The number of halogens is 2. The monoisotopic (exact) mass is 296 g/mol. The molecular weight excluding hydrogens is 287 g/mol. The summed E-state index contributed by atoms with van der Waals surface area (Å²) >= 11 is 11.8. The molecule has 1 heterocycles. The maximum atomic E-state index is 11.7. The van der Waals surface area contributed by atoms with Crippen molar-refractivity contribution in [1.29, 1.82) is 0 Å². The normalized spacial score (nSPS) is 19.1. The Morgan fingerprint density at radius 1 is 1.26 bits per heavy atom. The van der Waals surface area contributed by atoms with Crippen molar-refractivity contribution in [1.82, 2.24) is 10.1 Å². The molecule has 1 atom stereocenters. The first-order valence-corrected chi connectivity index (χ1v) is 6.72. The Morgan fingerprint density at radius 3 is 2.79 bits per heavy atom. The van der Waals surface area contributed by atoms with Crippen LogP contribution in [0.2, 0.25) is 10.0 Å². The molecule has 1 aromatic heterocycles. The van der Waals surface area contributed by atoms with E-state index in [-0.39, 0.29) is 11.7 Å². The van der Waals surface area contributed by atoms with E-state index < -0.39 is 0 Å². The molecule has 1 unspecified atom stereocenters. The first-order valence-electron chi connectivity index (χ1n) is 5.97. The summed E-state index contributed by atoms with van der Waals surface area (Å²) in [5, 5.41) is 4.80. The highest BCUT2D eigenvalue weighted by Crippen LogP contribution is 2.32. The van der Waals surface area contributed by atoms with Gasteiger partial charge in [-0.3, -0.25) is 4.79 Å². The van der Waals surface area contributed by atoms with E-state index in [1.54, 1.807) is 18.2 Å². The van der Waals surface area contributed by atoms with Crippen molar-refractivity contribution in [2.45, 2.75) is 25.2 Å². The second-order valence-corrected chi connectivity index (χ2v) is 5.31. The molecule has 0 aliphatic heterocycles. The van der Waals surface area contributed by atoms with Crippen molar-refractivity contribution in [3.05, 3.63) is 34.1 Å². The number of benzene rings is 1. The van der Waals surface area contributed by atoms with E-state index >= 15 is 0 Å². The fourth-order valence-corrected chi connectivity index (χ4v) is 2.50. The van der Waals surface area contributed by atoms with Crippen molar-refractivity contribution in [2.24, 2.45) is 0 Å². The van der Waals surface area contributed by atoms with Gasteiger partial charge in [-0.25, -0.2) is 0 Å². The Bertz CT molecular complexity index is 639. The fourth-order valence-electron chi connectivity index (χ4n) is 2.21. The lowest BCUT2D eigenvalue weighted by atomic mass is 10.1. The Hall–Kier alpha value is -1.39. The van der Waals surface area contributed by atoms with Crippen LogP contribution in [-0.4, -0.2) is 15.9 Å². The van der Waals surface area contributed by atoms with Gasteiger partial charge in [0.05, 0.1) is 16.0 Å². The van der Waals surface area contributed by atoms with Crippen LogP contribution in [0, 0.1) is 0 Å². The average molecular weight is 297 g/mol. The molecule has 1 aromatic carbocycles. The molecule has 0 saturated heterocycles. The van der Waals surface area contributed by atoms with Crippen LogP contribution >= 0.6 is 23.2 Å². The third-order valence-corrected chi connectivity index (χ3v) is 3.96. The zero-order valence-electron chi connectivity index (χ0n) is 9.90. The van der Waals surface area contributed by atoms with Crippen LogP contribution in [0.4, 0.5) is 0 Å². The summed E-state index contributed by atoms with van der Waals surface area (Å²) in [6.45, 7) is 0. The third kappa shape index (κ3) is 2.38. The van der Waals surface area contributed by atoms with Crippen LogP contribution in [0.15, 0.2) is 22.7 Å². The summed E-state index contributed by atoms with van der Waals surface area (Å²) in [5.74, 6) is 0.741. The maximum Gasteiger partial charge on any atom is 0.237 e. The molecule has 6 heteroatoms. The number of carbonyl (C=O) groups is 1. The largest absolute Gasteiger partial charge is 0.338 e. The number of hydrogen-bond donors (Lipinski definition) is 0. The van der Waals surface area contributed by atoms with Crippen molar-refractivity contribution >= 4 is 29.0 Å². The highest BCUT2D eigenvalue weighted by molar-refractivity contribution is 6.42. The van der Waals surface area contributed by atoms with E-state index in [0.29, 0.717) is 28.2 Å². The van der Waals surface area contributed by atoms with Crippen LogP contribution in [0.1, 0.15) is 31.1 Å². The van der Waals surface area contributed by atoms with Gasteiger partial charge in [-0.2, -0.15) is 4.98 Å². The number of carbonyl (C=O) groups excluding carboxylic acids is 1. The van der Waals surface area contributed by atoms with E-state index in [1.165, 1.54) is 0 Å². The number of hydrogen-bond acceptors (Lipinski definition) is 4. The highest BCUT2D eigenvalue weighted by Gasteiger charge is 2.31. The minimum absolute atomic E-state index is 0.171. The summed E-state index contributed by atoms with van der Waals surface area (Å²) in [4.78, 5) is 15.9. The molecule has 2 aromatic rings. The molecule has 1 saturated carbocycles. The summed E-state index contributed by atoms with van der Waals surface area (Å²) < 4.78 is 5.19. The van der Waals surface area contributed by atoms with Gasteiger partial charge in [0, 0.05) is 12.0 Å². The van der Waals surface area contributed by atoms with Crippen LogP contribution in [-0.2, 0) is 4.79 Å². The predicted molar refractivity (Wildman–Crippen MR) is 71.4 cm³/mol. The molecule has 0 radical (unpaired) electrons. The predicted octanol–water partition coefficient (Wildman–Crippen LogP) is 3.88. The van der Waals surface area contributed by atoms with Gasteiger partial charge in [0.2, 0.25) is 11.7 Å². The number of Topliss-reactive ketones (excluding diaryl/α,β-unsaturated/α-hetero) is 1. The molecule has 1 aliphatic rings. The minimum Gasteiger partial charge on any atom is -0.338 e. The Balaban J connectivity index is 1.92. The summed E-state index contributed by atoms with van der Waals surface area (Å²) in [7, 11) is 0. The van der Waals surface area contributed by atoms with Crippen molar-refractivity contribution in [2.75, 3.05) is 0 Å². The van der Waals surface area contributed by atoms with Crippen molar-refractivity contribution < 1.29 is 9.32 Å². The lowest BCUT2D eigenvalue weighted by Crippen LogP contribution is -2.04. The fraction of sp³-hybridized carbons (Fsp3) is 0.308. The molecule has 4 nitrogen and oxygen atoms in total. The van der Waals surface area contributed by atoms with E-state index in [2.05, 4.69) is 10.1 Å². The van der Waals surface area contributed by atoms with Crippen LogP contribution in [0.25, 0.3) is 11.4 Å². The Labute approximate surface area is 119 Å². The van der Waals surface area contributed by atoms with Crippen LogP contribution in [0.3, 0.4) is 0 Å². The summed E-state index contributed by atoms with van der Waals surface area (Å²) in [6, 6.07) is 5.12. The number of aromatic nitrogens is 2. The van der Waals surface area contributed by atoms with Gasteiger partial charge in [0.1, 0.15) is 5.78 Å². The van der Waals surface area contributed by atoms with Gasteiger partial charge in [-0.1, -0.05) is 28.4 Å². The van der Waals surface area contributed by atoms with E-state index in [1.807, 2.05) is 0 Å². The SMILES string of the molecule is O=C1CCCC1c1nc(-c2ccc(Cl)c(Cl)c2)no1. The van der Waals surface area contributed by atoms with Gasteiger partial charge in [-0.05, 0) is 31.0 Å². The number of rotatable bonds is 2. The second kappa shape index (κ2) is 4.94. The molecule has 0 N–H and O–H groups in total. The lowest BCUT2D eigenvalue weighted by Gasteiger charge is -1.99. The van der Waals surface area contributed by atoms with E-state index in [0.717, 1.165) is 18.4 Å². The van der Waals surface area contributed by atoms with Gasteiger partial charge in [0.15, 0.2) is 0 Å². The van der Waals surface area contributed by atoms with Gasteiger partial charge >= 0.3 is 0 Å². The lowest BCUT2D eigenvalue weighted by molar-refractivity contribution is -0.119. The standard InChI is InChI=1S/C13H10Cl2N2O2/c14-9-5-4-7(6-10(9)15)12-16-13(19-17-12)8-2-1-3-11(8)18/h4-6,8H,1-3H2. The zero-order chi connectivity index (χ0) is 13.4. The molecule has 1 aliphatic carbocycles. The van der Waals surface area contributed by atoms with E-state index in [4.69, 9.17) is 27.7 Å².